The van der Waals surface area contributed by atoms with Crippen LogP contribution in [0.2, 0.25) is 0 Å². The Kier molecular flexibility index (Phi) is 9.05. The summed E-state index contributed by atoms with van der Waals surface area (Å²) in [6.07, 6.45) is -8.43. The maximum atomic E-state index is 13.5. The van der Waals surface area contributed by atoms with E-state index < -0.39 is 59.3 Å². The third-order valence-corrected chi connectivity index (χ3v) is 11.3. The molecule has 0 radical (unpaired) electrons. The number of halogens is 6. The number of rotatable bonds is 6. The molecule has 3 heterocycles. The number of benzene rings is 2. The summed E-state index contributed by atoms with van der Waals surface area (Å²) >= 11 is 1.92. The molecule has 2 aliphatic heterocycles. The maximum absolute atomic E-state index is 13.5. The Morgan fingerprint density at radius 1 is 0.976 bits per heavy atom. The molecular weight excluding hydrogens is 666 g/mol. The van der Waals surface area contributed by atoms with E-state index in [0.29, 0.717) is 4.70 Å². The second-order valence-corrected chi connectivity index (χ2v) is 14.7. The molecular formula is C23H18F6N2NaO6S4+. The molecule has 0 aliphatic carbocycles. The molecule has 0 N–H and O–H groups in total. The second kappa shape index (κ2) is 11.3. The van der Waals surface area contributed by atoms with Crippen molar-refractivity contribution in [1.29, 1.82) is 0 Å². The molecule has 5 rings (SSSR count). The number of alkyl halides is 6. The number of hydrogen-bond acceptors (Lipinski definition) is 8. The molecule has 3 aromatic rings. The van der Waals surface area contributed by atoms with Gasteiger partial charge in [-0.1, -0.05) is 11.3 Å². The molecule has 0 bridgehead atoms. The zero-order chi connectivity index (χ0) is 30.2. The van der Waals surface area contributed by atoms with Crippen LogP contribution in [0.1, 0.15) is 29.0 Å². The van der Waals surface area contributed by atoms with E-state index in [1.165, 1.54) is 22.8 Å². The number of thiazole rings is 1. The zero-order valence-electron chi connectivity index (χ0n) is 21.4. The van der Waals surface area contributed by atoms with Gasteiger partial charge in [-0.15, -0.1) is 0 Å². The van der Waals surface area contributed by atoms with Crippen molar-refractivity contribution in [2.24, 2.45) is 0 Å². The summed E-state index contributed by atoms with van der Waals surface area (Å²) in [7, 11) is -9.65. The molecule has 1 spiro atoms. The van der Waals surface area contributed by atoms with Gasteiger partial charge in [-0.05, 0) is 36.0 Å². The van der Waals surface area contributed by atoms with Crippen molar-refractivity contribution < 1.29 is 86.4 Å². The molecule has 2 unspecified atom stereocenters. The first-order valence-corrected chi connectivity index (χ1v) is 16.4. The van der Waals surface area contributed by atoms with Crippen molar-refractivity contribution in [3.05, 3.63) is 57.6 Å². The number of thioether (sulfide) groups is 1. The summed E-state index contributed by atoms with van der Waals surface area (Å²) in [6, 6.07) is 5.71. The van der Waals surface area contributed by atoms with Crippen molar-refractivity contribution in [3.8, 4) is 0 Å². The molecule has 19 heteroatoms. The molecule has 8 nitrogen and oxygen atoms in total. The number of aromatic nitrogens is 1. The molecule has 2 atom stereocenters. The molecule has 222 valence electrons. The van der Waals surface area contributed by atoms with E-state index in [2.05, 4.69) is 0 Å². The van der Waals surface area contributed by atoms with Gasteiger partial charge in [-0.2, -0.15) is 30.9 Å². The van der Waals surface area contributed by atoms with Crippen molar-refractivity contribution in [2.75, 3.05) is 12.3 Å². The van der Waals surface area contributed by atoms with Gasteiger partial charge in [0.15, 0.2) is 32.8 Å². The fourth-order valence-electron chi connectivity index (χ4n) is 5.05. The fraction of sp³-hybridized carbons (Fsp3) is 0.348. The second-order valence-electron chi connectivity index (χ2n) is 9.48. The molecule has 0 saturated carbocycles. The molecule has 1 saturated heterocycles. The SMILES string of the molecule is O=S(=O)([O-])CCC[n+]1c(C=C2Sc3ccc(C(F)(F)F)cc3[N+]23CCC3S(=O)(=O)[O-])sc2ccc(C(F)(F)F)cc21.[Na+]. The summed E-state index contributed by atoms with van der Waals surface area (Å²) in [5.41, 5.74) is -2.00. The minimum Gasteiger partial charge on any atom is -0.748 e. The Hall–Kier alpha value is -1.22. The number of nitrogens with zero attached hydrogens (tertiary/aromatic N) is 2. The largest absolute Gasteiger partial charge is 1.00 e. The number of fused-ring (bicyclic) bond motifs is 3. The van der Waals surface area contributed by atoms with Gasteiger partial charge in [0, 0.05) is 24.3 Å². The molecule has 1 aromatic heterocycles. The summed E-state index contributed by atoms with van der Waals surface area (Å²) in [4.78, 5) is 0.280. The third kappa shape index (κ3) is 6.29. The quantitative estimate of drug-likeness (QED) is 0.128. The molecule has 2 aliphatic rings. The normalized spacial score (nSPS) is 21.9. The van der Waals surface area contributed by atoms with E-state index in [1.807, 2.05) is 0 Å². The monoisotopic (exact) mass is 683 g/mol. The Morgan fingerprint density at radius 3 is 2.14 bits per heavy atom. The van der Waals surface area contributed by atoms with E-state index in [4.69, 9.17) is 0 Å². The molecule has 2 aromatic carbocycles. The molecule has 42 heavy (non-hydrogen) atoms. The number of hydrogen-bond donors (Lipinski definition) is 0. The Labute approximate surface area is 266 Å². The van der Waals surface area contributed by atoms with Crippen LogP contribution >= 0.6 is 23.1 Å². The van der Waals surface area contributed by atoms with Crippen LogP contribution in [0.5, 0.6) is 0 Å². The van der Waals surface area contributed by atoms with E-state index in [1.54, 1.807) is 0 Å². The molecule has 0 amide bonds. The van der Waals surface area contributed by atoms with Crippen LogP contribution in [-0.4, -0.2) is 43.6 Å². The van der Waals surface area contributed by atoms with Gasteiger partial charge in [0.25, 0.3) is 5.01 Å². The van der Waals surface area contributed by atoms with Crippen LogP contribution in [0.15, 0.2) is 46.3 Å². The minimum absolute atomic E-state index is 0. The Balaban J connectivity index is 0.00000405. The van der Waals surface area contributed by atoms with Crippen molar-refractivity contribution in [2.45, 2.75) is 42.0 Å². The number of aryl methyl sites for hydroxylation is 1. The standard InChI is InChI=1S/C23H18F6N2O6S4.Na/c24-22(25,26)13-2-4-17-15(10-13)30(7-1-9-40(32,33)34)19(38-17)12-20-31(8-6-21(31)41(35,36)37)16-11-14(23(27,28)29)3-5-18(16)39-20;/h2-5,10-12,21H,1,6-9H2;/q;+1. The molecule has 1 fully saturated rings. The van der Waals surface area contributed by atoms with Crippen molar-refractivity contribution in [1.82, 2.24) is 4.48 Å². The third-order valence-electron chi connectivity index (χ3n) is 6.96. The van der Waals surface area contributed by atoms with Gasteiger partial charge in [0.1, 0.15) is 4.70 Å². The van der Waals surface area contributed by atoms with Crippen LogP contribution in [0.4, 0.5) is 32.0 Å². The van der Waals surface area contributed by atoms with E-state index in [9.17, 15) is 52.3 Å². The van der Waals surface area contributed by atoms with Crippen LogP contribution in [-0.2, 0) is 39.1 Å². The van der Waals surface area contributed by atoms with Gasteiger partial charge >= 0.3 is 41.9 Å². The van der Waals surface area contributed by atoms with Crippen LogP contribution in [0.25, 0.3) is 16.3 Å². The predicted molar refractivity (Wildman–Crippen MR) is 136 cm³/mol. The van der Waals surface area contributed by atoms with Crippen molar-refractivity contribution >= 4 is 65.3 Å². The number of quaternary nitrogens is 1. The first-order valence-electron chi connectivity index (χ1n) is 11.7. The zero-order valence-corrected chi connectivity index (χ0v) is 26.7. The summed E-state index contributed by atoms with van der Waals surface area (Å²) in [6.45, 7) is -0.224. The fourth-order valence-corrected chi connectivity index (χ4v) is 9.29. The summed E-state index contributed by atoms with van der Waals surface area (Å²) in [5, 5.41) is -1.24. The van der Waals surface area contributed by atoms with Crippen LogP contribution in [0, 0.1) is 0 Å². The van der Waals surface area contributed by atoms with Crippen molar-refractivity contribution in [3.63, 3.8) is 0 Å². The van der Waals surface area contributed by atoms with Gasteiger partial charge < -0.3 is 9.11 Å². The van der Waals surface area contributed by atoms with Gasteiger partial charge in [-0.3, -0.25) is 0 Å². The maximum Gasteiger partial charge on any atom is 1.00 e. The van der Waals surface area contributed by atoms with E-state index in [-0.39, 0.29) is 81.6 Å². The summed E-state index contributed by atoms with van der Waals surface area (Å²) < 4.78 is 152. The van der Waals surface area contributed by atoms with Crippen LogP contribution < -0.4 is 38.6 Å². The average Bonchev–Trinajstić information content (AvgIpc) is 3.30. The van der Waals surface area contributed by atoms with E-state index >= 15 is 0 Å². The first-order chi connectivity index (χ1) is 18.8. The average molecular weight is 684 g/mol. The van der Waals surface area contributed by atoms with E-state index in [0.717, 1.165) is 47.4 Å². The predicted octanol–water partition coefficient (Wildman–Crippen LogP) is 1.85. The summed E-state index contributed by atoms with van der Waals surface area (Å²) in [5.74, 6) is -0.802. The first kappa shape index (κ1) is 33.7. The van der Waals surface area contributed by atoms with Gasteiger partial charge in [-0.25, -0.2) is 21.3 Å². The Bertz CT molecular complexity index is 1810. The van der Waals surface area contributed by atoms with Gasteiger partial charge in [0.05, 0.1) is 45.2 Å². The Morgan fingerprint density at radius 2 is 1.60 bits per heavy atom. The topological polar surface area (TPSA) is 118 Å². The van der Waals surface area contributed by atoms with Crippen LogP contribution in [0.3, 0.4) is 0 Å². The minimum atomic E-state index is -5.00. The smallest absolute Gasteiger partial charge is 0.748 e. The van der Waals surface area contributed by atoms with Gasteiger partial charge in [0.2, 0.25) is 5.52 Å².